The van der Waals surface area contributed by atoms with E-state index in [0.29, 0.717) is 0 Å². The van der Waals surface area contributed by atoms with E-state index < -0.39 is 24.1 Å². The van der Waals surface area contributed by atoms with E-state index >= 15 is 0 Å². The number of carbonyl (C=O) groups excluding carboxylic acids is 3. The van der Waals surface area contributed by atoms with Crippen molar-refractivity contribution in [2.45, 2.75) is 18.9 Å². The fraction of sp³-hybridized carbons (Fsp3) is 0.625. The molecule has 1 heterocycles. The van der Waals surface area contributed by atoms with E-state index in [4.69, 9.17) is 0 Å². The van der Waals surface area contributed by atoms with E-state index in [0.717, 1.165) is 0 Å². The number of alkyl carbamates (subject to hydrolysis) is 1. The molecule has 0 radical (unpaired) electrons. The maximum absolute atomic E-state index is 10.9. The molecule has 0 bridgehead atoms. The molecule has 1 atom stereocenters. The van der Waals surface area contributed by atoms with Gasteiger partial charge in [-0.05, 0) is 6.42 Å². The Kier molecular flexibility index (Phi) is 3.90. The van der Waals surface area contributed by atoms with Crippen molar-refractivity contribution in [2.75, 3.05) is 13.2 Å². The molecule has 1 fully saturated rings. The molecule has 0 aliphatic carbocycles. The van der Waals surface area contributed by atoms with Gasteiger partial charge in [0.05, 0.1) is 13.0 Å². The zero-order valence-electron chi connectivity index (χ0n) is 7.86. The number of hydrogen-bond donors (Lipinski definition) is 1. The van der Waals surface area contributed by atoms with Crippen molar-refractivity contribution in [3.05, 3.63) is 0 Å². The standard InChI is InChI=1S/C8H11NO6/c10-6(11)1-2-7(12)14-4-5-3-9-8(13)15-5/h5H,1-4H2,(H,9,13)(H,10,11)/p-1/t5-/m1/s1. The fourth-order valence-corrected chi connectivity index (χ4v) is 0.987. The predicted molar refractivity (Wildman–Crippen MR) is 43.5 cm³/mol. The summed E-state index contributed by atoms with van der Waals surface area (Å²) in [5, 5.41) is 12.4. The molecule has 0 saturated carbocycles. The molecule has 1 rings (SSSR count). The van der Waals surface area contributed by atoms with Crippen LogP contribution in [0.25, 0.3) is 0 Å². The molecule has 0 unspecified atom stereocenters. The normalized spacial score (nSPS) is 19.2. The lowest BCUT2D eigenvalue weighted by molar-refractivity contribution is -0.305. The topological polar surface area (TPSA) is 105 Å². The zero-order valence-corrected chi connectivity index (χ0v) is 7.86. The third kappa shape index (κ3) is 4.30. The van der Waals surface area contributed by atoms with E-state index in [1.54, 1.807) is 0 Å². The summed E-state index contributed by atoms with van der Waals surface area (Å²) < 4.78 is 9.36. The molecule has 1 amide bonds. The van der Waals surface area contributed by atoms with Crippen LogP contribution in [0.2, 0.25) is 0 Å². The largest absolute Gasteiger partial charge is 0.550 e. The number of ether oxygens (including phenoxy) is 2. The first kappa shape index (κ1) is 11.3. The Labute approximate surface area is 85.3 Å². The minimum Gasteiger partial charge on any atom is -0.550 e. The average Bonchev–Trinajstić information content (AvgIpc) is 2.58. The number of carbonyl (C=O) groups is 3. The molecule has 0 spiro atoms. The predicted octanol–water partition coefficient (Wildman–Crippen LogP) is -1.83. The molecule has 1 aliphatic heterocycles. The van der Waals surface area contributed by atoms with Gasteiger partial charge in [-0.25, -0.2) is 4.79 Å². The van der Waals surface area contributed by atoms with Crippen molar-refractivity contribution in [3.63, 3.8) is 0 Å². The number of aliphatic carboxylic acids is 1. The maximum Gasteiger partial charge on any atom is 0.407 e. The molecular formula is C8H10NO6-. The van der Waals surface area contributed by atoms with Crippen molar-refractivity contribution in [1.82, 2.24) is 5.32 Å². The third-order valence-corrected chi connectivity index (χ3v) is 1.71. The molecular weight excluding hydrogens is 206 g/mol. The van der Waals surface area contributed by atoms with Crippen LogP contribution in [0.5, 0.6) is 0 Å². The average molecular weight is 216 g/mol. The van der Waals surface area contributed by atoms with Crippen LogP contribution in [0.3, 0.4) is 0 Å². The van der Waals surface area contributed by atoms with Crippen LogP contribution in [0, 0.1) is 0 Å². The van der Waals surface area contributed by atoms with Crippen LogP contribution < -0.4 is 10.4 Å². The summed E-state index contributed by atoms with van der Waals surface area (Å²) in [6.07, 6.45) is -1.66. The number of carboxylic acid groups (broad SMARTS) is 1. The van der Waals surface area contributed by atoms with Crippen LogP contribution in [0.1, 0.15) is 12.8 Å². The summed E-state index contributed by atoms with van der Waals surface area (Å²) in [5.74, 6) is -1.96. The van der Waals surface area contributed by atoms with E-state index in [1.165, 1.54) is 0 Å². The van der Waals surface area contributed by atoms with Crippen LogP contribution in [-0.4, -0.2) is 37.3 Å². The zero-order chi connectivity index (χ0) is 11.3. The smallest absolute Gasteiger partial charge is 0.407 e. The Morgan fingerprint density at radius 2 is 2.27 bits per heavy atom. The lowest BCUT2D eigenvalue weighted by Gasteiger charge is -2.08. The minimum atomic E-state index is -1.30. The van der Waals surface area contributed by atoms with Crippen LogP contribution in [-0.2, 0) is 19.1 Å². The van der Waals surface area contributed by atoms with Gasteiger partial charge in [-0.3, -0.25) is 4.79 Å². The van der Waals surface area contributed by atoms with Crippen LogP contribution >= 0.6 is 0 Å². The van der Waals surface area contributed by atoms with Gasteiger partial charge in [-0.1, -0.05) is 0 Å². The number of nitrogens with one attached hydrogen (secondary N) is 1. The first-order chi connectivity index (χ1) is 7.08. The van der Waals surface area contributed by atoms with E-state index in [2.05, 4.69) is 14.8 Å². The summed E-state index contributed by atoms with van der Waals surface area (Å²) >= 11 is 0. The van der Waals surface area contributed by atoms with Gasteiger partial charge in [-0.2, -0.15) is 0 Å². The maximum atomic E-state index is 10.9. The Morgan fingerprint density at radius 1 is 1.53 bits per heavy atom. The number of amides is 1. The second-order valence-corrected chi connectivity index (χ2v) is 2.96. The van der Waals surface area contributed by atoms with Crippen molar-refractivity contribution in [1.29, 1.82) is 0 Å². The van der Waals surface area contributed by atoms with Crippen molar-refractivity contribution < 1.29 is 29.0 Å². The van der Waals surface area contributed by atoms with Gasteiger partial charge in [0, 0.05) is 5.97 Å². The second-order valence-electron chi connectivity index (χ2n) is 2.96. The quantitative estimate of drug-likeness (QED) is 0.542. The third-order valence-electron chi connectivity index (χ3n) is 1.71. The van der Waals surface area contributed by atoms with Gasteiger partial charge in [0.2, 0.25) is 0 Å². The van der Waals surface area contributed by atoms with E-state index in [1.807, 2.05) is 0 Å². The van der Waals surface area contributed by atoms with Gasteiger partial charge in [0.25, 0.3) is 0 Å². The van der Waals surface area contributed by atoms with Gasteiger partial charge in [-0.15, -0.1) is 0 Å². The monoisotopic (exact) mass is 216 g/mol. The summed E-state index contributed by atoms with van der Waals surface area (Å²) in [5.41, 5.74) is 0. The summed E-state index contributed by atoms with van der Waals surface area (Å²) in [4.78, 5) is 31.5. The Morgan fingerprint density at radius 3 is 2.80 bits per heavy atom. The lowest BCUT2D eigenvalue weighted by atomic mass is 10.3. The summed E-state index contributed by atoms with van der Waals surface area (Å²) in [7, 11) is 0. The van der Waals surface area contributed by atoms with Gasteiger partial charge >= 0.3 is 12.1 Å². The number of cyclic esters (lactones) is 1. The van der Waals surface area contributed by atoms with Crippen LogP contribution in [0.4, 0.5) is 4.79 Å². The molecule has 7 nitrogen and oxygen atoms in total. The Hall–Kier alpha value is -1.79. The Balaban J connectivity index is 2.11. The number of esters is 1. The number of rotatable bonds is 5. The molecule has 7 heteroatoms. The molecule has 1 N–H and O–H groups in total. The van der Waals surface area contributed by atoms with Crippen LogP contribution in [0.15, 0.2) is 0 Å². The van der Waals surface area contributed by atoms with E-state index in [9.17, 15) is 19.5 Å². The van der Waals surface area contributed by atoms with Crippen molar-refractivity contribution >= 4 is 18.0 Å². The summed E-state index contributed by atoms with van der Waals surface area (Å²) in [6, 6.07) is 0. The Bertz CT molecular complexity index is 276. The van der Waals surface area contributed by atoms with Crippen molar-refractivity contribution in [3.8, 4) is 0 Å². The molecule has 0 aromatic rings. The second kappa shape index (κ2) is 5.18. The van der Waals surface area contributed by atoms with Crippen molar-refractivity contribution in [2.24, 2.45) is 0 Å². The lowest BCUT2D eigenvalue weighted by Crippen LogP contribution is -2.25. The highest BCUT2D eigenvalue weighted by molar-refractivity contribution is 5.75. The SMILES string of the molecule is O=C([O-])CCC(=O)OC[C@H]1CNC(=O)O1. The van der Waals surface area contributed by atoms with E-state index in [-0.39, 0.29) is 26.0 Å². The molecule has 0 aromatic heterocycles. The summed E-state index contributed by atoms with van der Waals surface area (Å²) in [6.45, 7) is 0.219. The highest BCUT2D eigenvalue weighted by Gasteiger charge is 2.23. The molecule has 0 aromatic carbocycles. The number of hydrogen-bond acceptors (Lipinski definition) is 6. The molecule has 84 valence electrons. The fourth-order valence-electron chi connectivity index (χ4n) is 0.987. The number of carboxylic acids is 1. The molecule has 1 aliphatic rings. The molecule has 15 heavy (non-hydrogen) atoms. The van der Waals surface area contributed by atoms with Gasteiger partial charge in [0.1, 0.15) is 6.61 Å². The first-order valence-electron chi connectivity index (χ1n) is 4.38. The van der Waals surface area contributed by atoms with Gasteiger partial charge in [0.15, 0.2) is 6.10 Å². The first-order valence-corrected chi connectivity index (χ1v) is 4.38. The van der Waals surface area contributed by atoms with Gasteiger partial charge < -0.3 is 24.7 Å². The molecule has 1 saturated heterocycles. The minimum absolute atomic E-state index is 0.0649. The highest BCUT2D eigenvalue weighted by atomic mass is 16.6. The highest BCUT2D eigenvalue weighted by Crippen LogP contribution is 2.01.